The summed E-state index contributed by atoms with van der Waals surface area (Å²) in [7, 11) is 0. The van der Waals surface area contributed by atoms with Gasteiger partial charge in [0.25, 0.3) is 0 Å². The predicted octanol–water partition coefficient (Wildman–Crippen LogP) is 5.52. The van der Waals surface area contributed by atoms with Gasteiger partial charge in [-0.05, 0) is 72.4 Å². The summed E-state index contributed by atoms with van der Waals surface area (Å²) in [6.07, 6.45) is 2.41. The third kappa shape index (κ3) is 3.77. The highest BCUT2D eigenvalue weighted by atomic mass is 19.1. The van der Waals surface area contributed by atoms with Gasteiger partial charge in [0, 0.05) is 6.42 Å². The fourth-order valence-electron chi connectivity index (χ4n) is 3.76. The lowest BCUT2D eigenvalue weighted by Crippen LogP contribution is -2.38. The molecule has 0 aliphatic carbocycles. The number of hydrogen-bond acceptors (Lipinski definition) is 2. The molecule has 1 N–H and O–H groups in total. The lowest BCUT2D eigenvalue weighted by atomic mass is 9.86. The molecule has 0 spiro atoms. The van der Waals surface area contributed by atoms with Crippen LogP contribution >= 0.6 is 0 Å². The first kappa shape index (κ1) is 18.2. The molecule has 0 amide bonds. The van der Waals surface area contributed by atoms with Crippen molar-refractivity contribution in [2.24, 2.45) is 0 Å². The van der Waals surface area contributed by atoms with Gasteiger partial charge >= 0.3 is 5.97 Å². The Balaban J connectivity index is 1.59. The molecule has 0 saturated heterocycles. The summed E-state index contributed by atoms with van der Waals surface area (Å²) in [6.45, 7) is 2.06. The molecule has 28 heavy (non-hydrogen) atoms. The fraction of sp³-hybridized carbons (Fsp3) is 0.208. The van der Waals surface area contributed by atoms with Gasteiger partial charge in [0.15, 0.2) is 0 Å². The SMILES string of the molecule is CC1(Cc2cccc(F)c2)CCc2ccc(-c3ccc(C(=O)O)cc3)cc2O1. The summed E-state index contributed by atoms with van der Waals surface area (Å²) in [5.74, 6) is -0.331. The van der Waals surface area contributed by atoms with Crippen molar-refractivity contribution in [2.75, 3.05) is 0 Å². The predicted molar refractivity (Wildman–Crippen MR) is 106 cm³/mol. The van der Waals surface area contributed by atoms with Crippen LogP contribution in [0.2, 0.25) is 0 Å². The van der Waals surface area contributed by atoms with E-state index >= 15 is 0 Å². The molecule has 0 aromatic heterocycles. The first-order chi connectivity index (χ1) is 13.4. The molecule has 1 unspecified atom stereocenters. The topological polar surface area (TPSA) is 46.5 Å². The number of carbonyl (C=O) groups is 1. The van der Waals surface area contributed by atoms with Gasteiger partial charge in [-0.2, -0.15) is 0 Å². The number of benzene rings is 3. The minimum Gasteiger partial charge on any atom is -0.487 e. The van der Waals surface area contributed by atoms with E-state index in [0.717, 1.165) is 40.8 Å². The number of aromatic carboxylic acids is 1. The third-order valence-electron chi connectivity index (χ3n) is 5.28. The quantitative estimate of drug-likeness (QED) is 0.652. The molecule has 1 aliphatic heterocycles. The van der Waals surface area contributed by atoms with Crippen LogP contribution in [-0.4, -0.2) is 16.7 Å². The van der Waals surface area contributed by atoms with E-state index < -0.39 is 11.6 Å². The number of carboxylic acids is 1. The summed E-state index contributed by atoms with van der Waals surface area (Å²) in [4.78, 5) is 11.0. The minimum absolute atomic E-state index is 0.232. The van der Waals surface area contributed by atoms with Crippen LogP contribution in [0, 0.1) is 5.82 Å². The zero-order valence-electron chi connectivity index (χ0n) is 15.6. The van der Waals surface area contributed by atoms with Crippen LogP contribution in [0.1, 0.15) is 34.8 Å². The molecule has 3 aromatic rings. The molecule has 4 heteroatoms. The Hall–Kier alpha value is -3.14. The van der Waals surface area contributed by atoms with Crippen LogP contribution in [0.4, 0.5) is 4.39 Å². The number of aryl methyl sites for hydroxylation is 1. The number of ether oxygens (including phenoxy) is 1. The van der Waals surface area contributed by atoms with E-state index in [1.165, 1.54) is 6.07 Å². The number of hydrogen-bond donors (Lipinski definition) is 1. The first-order valence-electron chi connectivity index (χ1n) is 9.32. The van der Waals surface area contributed by atoms with Gasteiger partial charge in [-0.3, -0.25) is 0 Å². The Morgan fingerprint density at radius 2 is 1.82 bits per heavy atom. The van der Waals surface area contributed by atoms with Crippen molar-refractivity contribution in [2.45, 2.75) is 31.8 Å². The van der Waals surface area contributed by atoms with E-state index in [0.29, 0.717) is 6.42 Å². The summed E-state index contributed by atoms with van der Waals surface area (Å²) >= 11 is 0. The Morgan fingerprint density at radius 3 is 2.54 bits per heavy atom. The molecule has 4 rings (SSSR count). The number of fused-ring (bicyclic) bond motifs is 1. The van der Waals surface area contributed by atoms with Crippen molar-refractivity contribution in [3.63, 3.8) is 0 Å². The van der Waals surface area contributed by atoms with Crippen LogP contribution in [0.15, 0.2) is 66.7 Å². The smallest absolute Gasteiger partial charge is 0.335 e. The molecule has 3 nitrogen and oxygen atoms in total. The third-order valence-corrected chi connectivity index (χ3v) is 5.28. The fourth-order valence-corrected chi connectivity index (χ4v) is 3.76. The van der Waals surface area contributed by atoms with Crippen LogP contribution in [0.3, 0.4) is 0 Å². The van der Waals surface area contributed by atoms with Gasteiger partial charge in [-0.1, -0.05) is 36.4 Å². The van der Waals surface area contributed by atoms with E-state index in [1.54, 1.807) is 36.4 Å². The summed E-state index contributed by atoms with van der Waals surface area (Å²) in [6, 6.07) is 19.6. The zero-order valence-corrected chi connectivity index (χ0v) is 15.6. The minimum atomic E-state index is -0.937. The Morgan fingerprint density at radius 1 is 1.07 bits per heavy atom. The normalized spacial score (nSPS) is 18.2. The molecule has 1 aliphatic rings. The second-order valence-corrected chi connectivity index (χ2v) is 7.56. The van der Waals surface area contributed by atoms with E-state index in [2.05, 4.69) is 13.0 Å². The van der Waals surface area contributed by atoms with E-state index in [9.17, 15) is 9.18 Å². The maximum Gasteiger partial charge on any atom is 0.335 e. The largest absolute Gasteiger partial charge is 0.487 e. The molecule has 1 heterocycles. The zero-order chi connectivity index (χ0) is 19.7. The highest BCUT2D eigenvalue weighted by molar-refractivity contribution is 5.88. The standard InChI is InChI=1S/C24H21FO3/c1-24(15-16-3-2-4-21(25)13-16)12-11-18-7-10-20(14-22(18)28-24)17-5-8-19(9-6-17)23(26)27/h2-10,13-14H,11-12,15H2,1H3,(H,26,27). The van der Waals surface area contributed by atoms with E-state index in [4.69, 9.17) is 9.84 Å². The van der Waals surface area contributed by atoms with Crippen molar-refractivity contribution in [3.05, 3.63) is 89.2 Å². The molecule has 1 atom stereocenters. The van der Waals surface area contributed by atoms with Crippen molar-refractivity contribution < 1.29 is 19.0 Å². The lowest BCUT2D eigenvalue weighted by Gasteiger charge is -2.36. The average molecular weight is 376 g/mol. The molecular weight excluding hydrogens is 355 g/mol. The van der Waals surface area contributed by atoms with Crippen molar-refractivity contribution in [3.8, 4) is 16.9 Å². The van der Waals surface area contributed by atoms with Crippen LogP contribution in [0.5, 0.6) is 5.75 Å². The molecular formula is C24H21FO3. The second-order valence-electron chi connectivity index (χ2n) is 7.56. The van der Waals surface area contributed by atoms with E-state index in [-0.39, 0.29) is 11.4 Å². The molecule has 0 fully saturated rings. The van der Waals surface area contributed by atoms with Crippen LogP contribution < -0.4 is 4.74 Å². The number of carboxylic acid groups (broad SMARTS) is 1. The molecule has 3 aromatic carbocycles. The maximum absolute atomic E-state index is 13.5. The Bertz CT molecular complexity index is 1030. The monoisotopic (exact) mass is 376 g/mol. The van der Waals surface area contributed by atoms with Crippen LogP contribution in [-0.2, 0) is 12.8 Å². The van der Waals surface area contributed by atoms with Gasteiger partial charge in [0.2, 0.25) is 0 Å². The maximum atomic E-state index is 13.5. The number of halogens is 1. The van der Waals surface area contributed by atoms with E-state index in [1.807, 2.05) is 18.2 Å². The first-order valence-corrected chi connectivity index (χ1v) is 9.32. The van der Waals surface area contributed by atoms with Crippen molar-refractivity contribution in [1.82, 2.24) is 0 Å². The summed E-state index contributed by atoms with van der Waals surface area (Å²) in [5.41, 5.74) is 3.86. The second kappa shape index (κ2) is 7.12. The molecule has 0 saturated carbocycles. The summed E-state index contributed by atoms with van der Waals surface area (Å²) < 4.78 is 19.9. The van der Waals surface area contributed by atoms with Gasteiger partial charge in [-0.25, -0.2) is 9.18 Å². The Kier molecular flexibility index (Phi) is 4.63. The lowest BCUT2D eigenvalue weighted by molar-refractivity contribution is 0.0653. The van der Waals surface area contributed by atoms with Gasteiger partial charge in [-0.15, -0.1) is 0 Å². The average Bonchev–Trinajstić information content (AvgIpc) is 2.67. The summed E-state index contributed by atoms with van der Waals surface area (Å²) in [5, 5.41) is 9.06. The molecule has 142 valence electrons. The highest BCUT2D eigenvalue weighted by Gasteiger charge is 2.32. The molecule has 0 bridgehead atoms. The van der Waals surface area contributed by atoms with Gasteiger partial charge in [0.05, 0.1) is 5.56 Å². The van der Waals surface area contributed by atoms with Gasteiger partial charge < -0.3 is 9.84 Å². The van der Waals surface area contributed by atoms with Crippen molar-refractivity contribution >= 4 is 5.97 Å². The van der Waals surface area contributed by atoms with Crippen molar-refractivity contribution in [1.29, 1.82) is 0 Å². The molecule has 0 radical (unpaired) electrons. The number of rotatable bonds is 4. The van der Waals surface area contributed by atoms with Crippen LogP contribution in [0.25, 0.3) is 11.1 Å². The van der Waals surface area contributed by atoms with Gasteiger partial charge in [0.1, 0.15) is 17.2 Å². The Labute approximate surface area is 163 Å². The highest BCUT2D eigenvalue weighted by Crippen LogP contribution is 2.37.